The van der Waals surface area contributed by atoms with Crippen LogP contribution in [0.25, 0.3) is 5.65 Å². The first-order valence-corrected chi connectivity index (χ1v) is 8.46. The molecular formula is C15H12Br2N4O. The van der Waals surface area contributed by atoms with Gasteiger partial charge in [0.1, 0.15) is 17.7 Å². The van der Waals surface area contributed by atoms with Gasteiger partial charge in [-0.25, -0.2) is 9.50 Å². The Morgan fingerprint density at radius 2 is 2.23 bits per heavy atom. The van der Waals surface area contributed by atoms with Gasteiger partial charge in [0.05, 0.1) is 17.2 Å². The number of aromatic nitrogens is 3. The van der Waals surface area contributed by atoms with Crippen LogP contribution >= 0.6 is 31.9 Å². The van der Waals surface area contributed by atoms with Crippen molar-refractivity contribution < 1.29 is 4.74 Å². The molecule has 2 aromatic heterocycles. The van der Waals surface area contributed by atoms with Crippen LogP contribution < -0.4 is 10.1 Å². The van der Waals surface area contributed by atoms with Gasteiger partial charge in [-0.3, -0.25) is 0 Å². The highest BCUT2D eigenvalue weighted by Gasteiger charge is 2.22. The highest BCUT2D eigenvalue weighted by Crippen LogP contribution is 2.31. The Labute approximate surface area is 144 Å². The van der Waals surface area contributed by atoms with Crippen molar-refractivity contribution in [3.8, 4) is 5.75 Å². The number of nitrogens with zero attached hydrogens (tertiary/aromatic N) is 3. The van der Waals surface area contributed by atoms with Crippen molar-refractivity contribution >= 4 is 43.3 Å². The van der Waals surface area contributed by atoms with Crippen LogP contribution in [0.2, 0.25) is 0 Å². The van der Waals surface area contributed by atoms with Crippen LogP contribution in [0.4, 0.5) is 5.82 Å². The predicted octanol–water partition coefficient (Wildman–Crippen LogP) is 3.67. The number of benzene rings is 1. The van der Waals surface area contributed by atoms with E-state index in [0.29, 0.717) is 6.54 Å². The summed E-state index contributed by atoms with van der Waals surface area (Å²) in [4.78, 5) is 4.54. The lowest BCUT2D eigenvalue weighted by Gasteiger charge is -2.12. The van der Waals surface area contributed by atoms with Crippen LogP contribution in [-0.2, 0) is 6.42 Å². The number of hydrogen-bond donors (Lipinski definition) is 1. The molecule has 3 heterocycles. The Morgan fingerprint density at radius 3 is 3.14 bits per heavy atom. The zero-order valence-electron chi connectivity index (χ0n) is 11.5. The minimum Gasteiger partial charge on any atom is -0.488 e. The van der Waals surface area contributed by atoms with Crippen LogP contribution in [0.5, 0.6) is 5.75 Å². The van der Waals surface area contributed by atoms with Gasteiger partial charge in [-0.05, 0) is 45.8 Å². The lowest BCUT2D eigenvalue weighted by Crippen LogP contribution is -2.24. The number of rotatable bonds is 3. The van der Waals surface area contributed by atoms with Gasteiger partial charge in [0.2, 0.25) is 0 Å². The molecule has 1 aliphatic heterocycles. The van der Waals surface area contributed by atoms with Crippen LogP contribution in [0.15, 0.2) is 45.6 Å². The Bertz CT molecular complexity index is 849. The minimum atomic E-state index is 0.121. The zero-order chi connectivity index (χ0) is 15.1. The zero-order valence-corrected chi connectivity index (χ0v) is 14.6. The van der Waals surface area contributed by atoms with Crippen LogP contribution in [0.3, 0.4) is 0 Å². The van der Waals surface area contributed by atoms with E-state index in [9.17, 15) is 0 Å². The molecule has 22 heavy (non-hydrogen) atoms. The van der Waals surface area contributed by atoms with E-state index in [1.165, 1.54) is 5.56 Å². The molecule has 3 aromatic rings. The lowest BCUT2D eigenvalue weighted by atomic mass is 10.1. The number of anilines is 1. The van der Waals surface area contributed by atoms with Crippen molar-refractivity contribution in [2.75, 3.05) is 11.9 Å². The highest BCUT2D eigenvalue weighted by molar-refractivity contribution is 9.10. The second-order valence-corrected chi connectivity index (χ2v) is 6.92. The van der Waals surface area contributed by atoms with E-state index in [1.54, 1.807) is 10.7 Å². The fourth-order valence-electron chi connectivity index (χ4n) is 2.56. The Kier molecular flexibility index (Phi) is 3.54. The summed E-state index contributed by atoms with van der Waals surface area (Å²) in [5.41, 5.74) is 2.03. The van der Waals surface area contributed by atoms with Crippen molar-refractivity contribution in [2.45, 2.75) is 12.5 Å². The van der Waals surface area contributed by atoms with E-state index >= 15 is 0 Å². The average molecular weight is 424 g/mol. The van der Waals surface area contributed by atoms with Crippen molar-refractivity contribution in [1.29, 1.82) is 0 Å². The Hall–Kier alpha value is -1.60. The summed E-state index contributed by atoms with van der Waals surface area (Å²) in [6.07, 6.45) is 4.65. The molecule has 0 saturated heterocycles. The first-order valence-electron chi connectivity index (χ1n) is 6.88. The summed E-state index contributed by atoms with van der Waals surface area (Å²) >= 11 is 6.93. The molecule has 1 atom stereocenters. The molecule has 7 heteroatoms. The smallest absolute Gasteiger partial charge is 0.171 e. The molecular weight excluding hydrogens is 412 g/mol. The summed E-state index contributed by atoms with van der Waals surface area (Å²) in [5, 5.41) is 7.52. The molecule has 0 spiro atoms. The van der Waals surface area contributed by atoms with Crippen LogP contribution in [0, 0.1) is 0 Å². The molecule has 0 bridgehead atoms. The standard InChI is InChI=1S/C15H12Br2N4O/c16-10-1-2-13-9(5-10)6-11(22-13)7-18-14-3-4-21-15(20-14)12(17)8-19-21/h1-5,8,11H,6-7H2,(H,18,20). The molecule has 0 saturated carbocycles. The number of hydrogen-bond acceptors (Lipinski definition) is 4. The molecule has 1 N–H and O–H groups in total. The van der Waals surface area contributed by atoms with Gasteiger partial charge in [-0.2, -0.15) is 5.10 Å². The van der Waals surface area contributed by atoms with Crippen LogP contribution in [0.1, 0.15) is 5.56 Å². The fourth-order valence-corrected chi connectivity index (χ4v) is 3.33. The van der Waals surface area contributed by atoms with E-state index in [4.69, 9.17) is 4.74 Å². The molecule has 4 rings (SSSR count). The maximum Gasteiger partial charge on any atom is 0.171 e. The van der Waals surface area contributed by atoms with Crippen molar-refractivity contribution in [3.63, 3.8) is 0 Å². The Morgan fingerprint density at radius 1 is 1.32 bits per heavy atom. The molecule has 0 aliphatic carbocycles. The van der Waals surface area contributed by atoms with E-state index < -0.39 is 0 Å². The second-order valence-electron chi connectivity index (χ2n) is 5.15. The van der Waals surface area contributed by atoms with E-state index in [-0.39, 0.29) is 6.10 Å². The van der Waals surface area contributed by atoms with Gasteiger partial charge < -0.3 is 10.1 Å². The van der Waals surface area contributed by atoms with Crippen molar-refractivity contribution in [2.24, 2.45) is 0 Å². The largest absolute Gasteiger partial charge is 0.488 e. The SMILES string of the molecule is Brc1ccc2c(c1)CC(CNc1ccn3ncc(Br)c3n1)O2. The molecule has 112 valence electrons. The van der Waals surface area contributed by atoms with Crippen molar-refractivity contribution in [3.05, 3.63) is 51.2 Å². The van der Waals surface area contributed by atoms with E-state index in [2.05, 4.69) is 53.3 Å². The fraction of sp³-hybridized carbons (Fsp3) is 0.200. The lowest BCUT2D eigenvalue weighted by molar-refractivity contribution is 0.246. The van der Waals surface area contributed by atoms with Gasteiger partial charge in [-0.1, -0.05) is 15.9 Å². The summed E-state index contributed by atoms with van der Waals surface area (Å²) in [6, 6.07) is 8.03. The maximum atomic E-state index is 5.94. The summed E-state index contributed by atoms with van der Waals surface area (Å²) < 4.78 is 9.64. The third kappa shape index (κ3) is 2.59. The number of nitrogens with one attached hydrogen (secondary N) is 1. The number of halogens is 2. The highest BCUT2D eigenvalue weighted by atomic mass is 79.9. The minimum absolute atomic E-state index is 0.121. The van der Waals surface area contributed by atoms with E-state index in [0.717, 1.165) is 32.6 Å². The third-order valence-electron chi connectivity index (χ3n) is 3.60. The first kappa shape index (κ1) is 14.0. The normalized spacial score (nSPS) is 16.5. The third-order valence-corrected chi connectivity index (χ3v) is 4.65. The predicted molar refractivity (Wildman–Crippen MR) is 91.4 cm³/mol. The molecule has 0 amide bonds. The van der Waals surface area contributed by atoms with E-state index in [1.807, 2.05) is 24.4 Å². The molecule has 1 aliphatic rings. The number of fused-ring (bicyclic) bond motifs is 2. The van der Waals surface area contributed by atoms with Gasteiger partial charge in [0.15, 0.2) is 5.65 Å². The summed E-state index contributed by atoms with van der Waals surface area (Å²) in [7, 11) is 0. The molecule has 0 fully saturated rings. The maximum absolute atomic E-state index is 5.94. The molecule has 0 radical (unpaired) electrons. The van der Waals surface area contributed by atoms with Gasteiger partial charge in [-0.15, -0.1) is 0 Å². The van der Waals surface area contributed by atoms with Gasteiger partial charge >= 0.3 is 0 Å². The quantitative estimate of drug-likeness (QED) is 0.698. The van der Waals surface area contributed by atoms with Crippen LogP contribution in [-0.4, -0.2) is 27.2 Å². The molecule has 1 aromatic carbocycles. The molecule has 5 nitrogen and oxygen atoms in total. The second kappa shape index (κ2) is 5.55. The summed E-state index contributed by atoms with van der Waals surface area (Å²) in [5.74, 6) is 1.78. The van der Waals surface area contributed by atoms with Gasteiger partial charge in [0, 0.05) is 17.1 Å². The topological polar surface area (TPSA) is 51.5 Å². The van der Waals surface area contributed by atoms with Gasteiger partial charge in [0.25, 0.3) is 0 Å². The first-order chi connectivity index (χ1) is 10.7. The molecule has 1 unspecified atom stereocenters. The Balaban J connectivity index is 1.45. The number of ether oxygens (including phenoxy) is 1. The average Bonchev–Trinajstić information content (AvgIpc) is 3.08. The van der Waals surface area contributed by atoms with Crippen molar-refractivity contribution in [1.82, 2.24) is 14.6 Å². The summed E-state index contributed by atoms with van der Waals surface area (Å²) in [6.45, 7) is 0.710. The monoisotopic (exact) mass is 422 g/mol.